The normalized spacial score (nSPS) is 14.6. The van der Waals surface area contributed by atoms with Gasteiger partial charge in [-0.25, -0.2) is 4.99 Å². The van der Waals surface area contributed by atoms with Gasteiger partial charge in [-0.3, -0.25) is 0 Å². The van der Waals surface area contributed by atoms with Crippen LogP contribution in [0.4, 0.5) is 5.69 Å². The second kappa shape index (κ2) is 10.6. The molecule has 1 aliphatic rings. The molecule has 0 unspecified atom stereocenters. The monoisotopic (exact) mass is 509 g/mol. The van der Waals surface area contributed by atoms with Crippen molar-refractivity contribution >= 4 is 35.6 Å². The third kappa shape index (κ3) is 5.49. The van der Waals surface area contributed by atoms with Gasteiger partial charge < -0.3 is 19.7 Å². The molecule has 1 saturated heterocycles. The number of benzene rings is 1. The number of nitrogens with one attached hydrogen (secondary N) is 1. The smallest absolute Gasteiger partial charge is 0.194 e. The molecule has 1 aliphatic heterocycles. The first kappa shape index (κ1) is 23.2. The number of guanidine groups is 1. The summed E-state index contributed by atoms with van der Waals surface area (Å²) in [5.41, 5.74) is 4.05. The first-order valence-electron chi connectivity index (χ1n) is 9.81. The van der Waals surface area contributed by atoms with Crippen LogP contribution in [-0.2, 0) is 13.6 Å². The van der Waals surface area contributed by atoms with Crippen LogP contribution in [0, 0.1) is 20.8 Å². The number of aliphatic imine (C=N–C) groups is 1. The summed E-state index contributed by atoms with van der Waals surface area (Å²) < 4.78 is 1.98. The highest BCUT2D eigenvalue weighted by Gasteiger charge is 2.21. The minimum atomic E-state index is 0. The van der Waals surface area contributed by atoms with Gasteiger partial charge in [0.05, 0.1) is 0 Å². The Hall–Kier alpha value is -2.10. The van der Waals surface area contributed by atoms with Gasteiger partial charge >= 0.3 is 0 Å². The molecule has 1 aromatic heterocycles. The predicted octanol–water partition coefficient (Wildman–Crippen LogP) is 2.81. The summed E-state index contributed by atoms with van der Waals surface area (Å²) in [5, 5.41) is 11.7. The van der Waals surface area contributed by atoms with Crippen molar-refractivity contribution in [1.29, 1.82) is 0 Å². The van der Waals surface area contributed by atoms with Crippen molar-refractivity contribution < 1.29 is 0 Å². The zero-order valence-corrected chi connectivity index (χ0v) is 20.2. The lowest BCUT2D eigenvalue weighted by molar-refractivity contribution is 0.373. The molecule has 1 aromatic carbocycles. The lowest BCUT2D eigenvalue weighted by Gasteiger charge is -2.38. The van der Waals surface area contributed by atoms with Crippen LogP contribution >= 0.6 is 24.0 Å². The summed E-state index contributed by atoms with van der Waals surface area (Å²) in [6.45, 7) is 15.1. The van der Waals surface area contributed by atoms with Crippen molar-refractivity contribution in [3.63, 3.8) is 0 Å². The number of hydrogen-bond donors (Lipinski definition) is 1. The Morgan fingerprint density at radius 2 is 1.90 bits per heavy atom. The number of aromatic nitrogens is 3. The Kier molecular flexibility index (Phi) is 8.48. The Bertz CT molecular complexity index is 851. The Morgan fingerprint density at radius 1 is 1.17 bits per heavy atom. The summed E-state index contributed by atoms with van der Waals surface area (Å²) in [6, 6.07) is 6.54. The average molecular weight is 509 g/mol. The Labute approximate surface area is 190 Å². The quantitative estimate of drug-likeness (QED) is 0.291. The molecule has 0 spiro atoms. The van der Waals surface area contributed by atoms with Crippen molar-refractivity contribution in [2.75, 3.05) is 37.6 Å². The largest absolute Gasteiger partial charge is 0.368 e. The first-order chi connectivity index (χ1) is 13.5. The van der Waals surface area contributed by atoms with Crippen LogP contribution in [0.5, 0.6) is 0 Å². The zero-order valence-electron chi connectivity index (χ0n) is 17.9. The van der Waals surface area contributed by atoms with Crippen LogP contribution in [0.2, 0.25) is 0 Å². The van der Waals surface area contributed by atoms with Gasteiger partial charge in [0, 0.05) is 45.5 Å². The lowest BCUT2D eigenvalue weighted by Crippen LogP contribution is -2.52. The Balaban J connectivity index is 0.00000300. The summed E-state index contributed by atoms with van der Waals surface area (Å²) in [5.74, 6) is 2.67. The van der Waals surface area contributed by atoms with Crippen molar-refractivity contribution in [3.05, 3.63) is 53.6 Å². The number of piperazine rings is 1. The third-order valence-corrected chi connectivity index (χ3v) is 5.45. The van der Waals surface area contributed by atoms with Gasteiger partial charge in [0.1, 0.15) is 12.4 Å². The van der Waals surface area contributed by atoms with Crippen molar-refractivity contribution in [2.45, 2.75) is 27.3 Å². The summed E-state index contributed by atoms with van der Waals surface area (Å²) >= 11 is 0. The van der Waals surface area contributed by atoms with E-state index in [0.29, 0.717) is 13.1 Å². The molecule has 0 atom stereocenters. The number of anilines is 1. The van der Waals surface area contributed by atoms with E-state index in [1.165, 1.54) is 16.8 Å². The van der Waals surface area contributed by atoms with Gasteiger partial charge in [0.2, 0.25) is 0 Å². The number of rotatable bonds is 5. The molecule has 158 valence electrons. The van der Waals surface area contributed by atoms with Crippen LogP contribution < -0.4 is 10.2 Å². The van der Waals surface area contributed by atoms with E-state index in [4.69, 9.17) is 4.99 Å². The van der Waals surface area contributed by atoms with E-state index >= 15 is 0 Å². The third-order valence-electron chi connectivity index (χ3n) is 5.45. The molecule has 8 heteroatoms. The maximum Gasteiger partial charge on any atom is 0.194 e. The highest BCUT2D eigenvalue weighted by Crippen LogP contribution is 2.23. The van der Waals surface area contributed by atoms with Gasteiger partial charge in [0.15, 0.2) is 11.8 Å². The fraction of sp³-hybridized carbons (Fsp3) is 0.476. The molecular weight excluding hydrogens is 477 g/mol. The van der Waals surface area contributed by atoms with E-state index in [-0.39, 0.29) is 24.0 Å². The molecule has 7 nitrogen and oxygen atoms in total. The van der Waals surface area contributed by atoms with Gasteiger partial charge in [-0.2, -0.15) is 0 Å². The first-order valence-corrected chi connectivity index (χ1v) is 9.81. The molecule has 0 amide bonds. The number of hydrogen-bond acceptors (Lipinski definition) is 4. The second-order valence-electron chi connectivity index (χ2n) is 7.23. The molecule has 0 aliphatic carbocycles. The lowest BCUT2D eigenvalue weighted by atomic mass is 10.1. The molecule has 0 radical (unpaired) electrons. The maximum absolute atomic E-state index is 4.80. The molecule has 1 fully saturated rings. The van der Waals surface area contributed by atoms with Crippen molar-refractivity contribution in [3.8, 4) is 0 Å². The molecule has 2 heterocycles. The minimum absolute atomic E-state index is 0. The van der Waals surface area contributed by atoms with E-state index in [9.17, 15) is 0 Å². The fourth-order valence-corrected chi connectivity index (χ4v) is 3.40. The number of aryl methyl sites for hydroxylation is 2. The van der Waals surface area contributed by atoms with Gasteiger partial charge in [-0.05, 0) is 38.0 Å². The van der Waals surface area contributed by atoms with E-state index < -0.39 is 0 Å². The van der Waals surface area contributed by atoms with Crippen LogP contribution in [-0.4, -0.2) is 58.3 Å². The van der Waals surface area contributed by atoms with Crippen LogP contribution in [0.15, 0.2) is 35.8 Å². The molecule has 0 saturated carbocycles. The van der Waals surface area contributed by atoms with E-state index in [0.717, 1.165) is 43.8 Å². The maximum atomic E-state index is 4.80. The van der Waals surface area contributed by atoms with E-state index in [1.54, 1.807) is 0 Å². The van der Waals surface area contributed by atoms with E-state index in [1.807, 2.05) is 24.6 Å². The standard InChI is InChI=1S/C21H31N7.HI/c1-6-10-22-21(23-15-20-25-24-18(4)26(20)5)28-13-11-27(12-14-28)19-9-7-8-16(2)17(19)3;/h6-9H,1,10-15H2,2-5H3,(H,22,23);1H. The molecular formula is C21H32IN7. The average Bonchev–Trinajstić information content (AvgIpc) is 3.03. The number of halogens is 1. The van der Waals surface area contributed by atoms with Crippen molar-refractivity contribution in [1.82, 2.24) is 25.0 Å². The van der Waals surface area contributed by atoms with Crippen LogP contribution in [0.25, 0.3) is 0 Å². The Morgan fingerprint density at radius 3 is 2.52 bits per heavy atom. The number of nitrogens with zero attached hydrogens (tertiary/aromatic N) is 6. The van der Waals surface area contributed by atoms with Gasteiger partial charge in [-0.15, -0.1) is 40.8 Å². The topological polar surface area (TPSA) is 61.6 Å². The van der Waals surface area contributed by atoms with Gasteiger partial charge in [0.25, 0.3) is 0 Å². The summed E-state index contributed by atoms with van der Waals surface area (Å²) in [7, 11) is 1.97. The molecule has 0 bridgehead atoms. The molecule has 29 heavy (non-hydrogen) atoms. The summed E-state index contributed by atoms with van der Waals surface area (Å²) in [6.07, 6.45) is 1.86. The minimum Gasteiger partial charge on any atom is -0.368 e. The fourth-order valence-electron chi connectivity index (χ4n) is 3.40. The SMILES string of the molecule is C=CCNC(=NCc1nnc(C)n1C)N1CCN(c2cccc(C)c2C)CC1.I. The molecule has 3 rings (SSSR count). The summed E-state index contributed by atoms with van der Waals surface area (Å²) in [4.78, 5) is 9.58. The van der Waals surface area contributed by atoms with Crippen molar-refractivity contribution in [2.24, 2.45) is 12.0 Å². The zero-order chi connectivity index (χ0) is 20.1. The molecule has 2 aromatic rings. The predicted molar refractivity (Wildman–Crippen MR) is 130 cm³/mol. The highest BCUT2D eigenvalue weighted by atomic mass is 127. The van der Waals surface area contributed by atoms with Crippen LogP contribution in [0.1, 0.15) is 22.8 Å². The van der Waals surface area contributed by atoms with Crippen LogP contribution in [0.3, 0.4) is 0 Å². The van der Waals surface area contributed by atoms with E-state index in [2.05, 4.69) is 63.9 Å². The van der Waals surface area contributed by atoms with Gasteiger partial charge in [-0.1, -0.05) is 18.2 Å². The highest BCUT2D eigenvalue weighted by molar-refractivity contribution is 14.0. The second-order valence-corrected chi connectivity index (χ2v) is 7.23. The molecule has 1 N–H and O–H groups in total.